The molecule has 0 bridgehead atoms. The van der Waals surface area contributed by atoms with Gasteiger partial charge in [0.05, 0.1) is 6.26 Å². The smallest absolute Gasteiger partial charge is 0.130 e. The molecule has 0 radical (unpaired) electrons. The summed E-state index contributed by atoms with van der Waals surface area (Å²) in [5.74, 6) is 0.991. The van der Waals surface area contributed by atoms with Crippen LogP contribution in [0.3, 0.4) is 0 Å². The van der Waals surface area contributed by atoms with Crippen molar-refractivity contribution in [1.82, 2.24) is 0 Å². The Bertz CT molecular complexity index is 241. The van der Waals surface area contributed by atoms with Crippen LogP contribution < -0.4 is 4.74 Å². The van der Waals surface area contributed by atoms with Crippen LogP contribution in [0.4, 0.5) is 0 Å². The van der Waals surface area contributed by atoms with Gasteiger partial charge in [-0.3, -0.25) is 0 Å². The van der Waals surface area contributed by atoms with Crippen molar-refractivity contribution in [3.63, 3.8) is 0 Å². The first kappa shape index (κ1) is 8.74. The van der Waals surface area contributed by atoms with Crippen LogP contribution in [0.25, 0.3) is 0 Å². The molecule has 0 saturated carbocycles. The maximum absolute atomic E-state index is 5.24. The average Bonchev–Trinajstić information content (AvgIpc) is 2.05. The molecule has 0 spiro atoms. The number of fused-ring (bicyclic) bond motifs is 1. The third-order valence-electron chi connectivity index (χ3n) is 1.60. The van der Waals surface area contributed by atoms with Crippen molar-refractivity contribution in [2.75, 3.05) is 0 Å². The maximum atomic E-state index is 5.24. The minimum absolute atomic E-state index is 0. The molecule has 0 atom stereocenters. The number of rotatable bonds is 0. The Balaban J connectivity index is 0.000000605. The first-order valence-corrected chi connectivity index (χ1v) is 3.36. The van der Waals surface area contributed by atoms with E-state index in [1.54, 1.807) is 6.26 Å². The van der Waals surface area contributed by atoms with Gasteiger partial charge in [0.25, 0.3) is 0 Å². The van der Waals surface area contributed by atoms with Gasteiger partial charge in [-0.05, 0) is 24.1 Å². The summed E-state index contributed by atoms with van der Waals surface area (Å²) in [7, 11) is 0. The minimum Gasteiger partial charge on any atom is -0.465 e. The second kappa shape index (κ2) is 3.87. The summed E-state index contributed by atoms with van der Waals surface area (Å²) in [6.45, 7) is 0. The topological polar surface area (TPSA) is 9.23 Å². The van der Waals surface area contributed by atoms with E-state index in [1.807, 2.05) is 24.3 Å². The molecule has 2 heteroatoms. The summed E-state index contributed by atoms with van der Waals surface area (Å²) in [6, 6.07) is 8.08. The monoisotopic (exact) mass is 222 g/mol. The van der Waals surface area contributed by atoms with Crippen molar-refractivity contribution in [1.29, 1.82) is 0 Å². The Hall–Kier alpha value is -0.357. The van der Waals surface area contributed by atoms with E-state index in [0.29, 0.717) is 0 Å². The van der Waals surface area contributed by atoms with E-state index in [-0.39, 0.29) is 26.2 Å². The molecule has 1 nitrogen and oxygen atoms in total. The second-order valence-corrected chi connectivity index (χ2v) is 2.30. The molecule has 54 valence electrons. The molecule has 0 unspecified atom stereocenters. The molecule has 0 fully saturated rings. The summed E-state index contributed by atoms with van der Waals surface area (Å²) in [6.07, 6.45) is 4.75. The molecule has 2 rings (SSSR count). The van der Waals surface area contributed by atoms with Gasteiger partial charge < -0.3 is 4.74 Å². The molecular weight excluding hydrogens is 215 g/mol. The van der Waals surface area contributed by atoms with Crippen molar-refractivity contribution in [2.24, 2.45) is 0 Å². The standard InChI is InChI=1S/C9H8O.Zr/c1-2-6-9-8(4-1)5-3-7-10-9;/h1-4,6-7H,5H2;. The number of ether oxygens (including phenoxy) is 1. The van der Waals surface area contributed by atoms with E-state index < -0.39 is 0 Å². The summed E-state index contributed by atoms with van der Waals surface area (Å²) in [5.41, 5.74) is 1.27. The van der Waals surface area contributed by atoms with E-state index in [9.17, 15) is 0 Å². The molecule has 0 saturated heterocycles. The van der Waals surface area contributed by atoms with Gasteiger partial charge in [0, 0.05) is 26.2 Å². The first-order valence-electron chi connectivity index (χ1n) is 3.36. The average molecular weight is 223 g/mol. The maximum Gasteiger partial charge on any atom is 0.130 e. The molecule has 0 N–H and O–H groups in total. The Morgan fingerprint density at radius 3 is 2.82 bits per heavy atom. The zero-order valence-electron chi connectivity index (χ0n) is 6.08. The molecule has 1 aromatic rings. The van der Waals surface area contributed by atoms with Gasteiger partial charge in [-0.15, -0.1) is 0 Å². The van der Waals surface area contributed by atoms with E-state index in [0.717, 1.165) is 12.2 Å². The van der Waals surface area contributed by atoms with Gasteiger partial charge in [-0.25, -0.2) is 0 Å². The summed E-state index contributed by atoms with van der Waals surface area (Å²) >= 11 is 0. The molecular formula is C9H8OZr. The fourth-order valence-electron chi connectivity index (χ4n) is 1.08. The molecule has 1 aliphatic rings. The SMILES string of the molecule is C1=COc2ccccc2C1.[Zr]. The fourth-order valence-corrected chi connectivity index (χ4v) is 1.08. The van der Waals surface area contributed by atoms with Crippen LogP contribution in [0.15, 0.2) is 36.6 Å². The van der Waals surface area contributed by atoms with Crippen LogP contribution in [0.2, 0.25) is 0 Å². The van der Waals surface area contributed by atoms with Crippen LogP contribution in [-0.4, -0.2) is 0 Å². The first-order chi connectivity index (χ1) is 4.97. The Morgan fingerprint density at radius 2 is 2.00 bits per heavy atom. The number of allylic oxidation sites excluding steroid dienone is 1. The van der Waals surface area contributed by atoms with Crippen LogP contribution in [0, 0.1) is 0 Å². The number of hydrogen-bond acceptors (Lipinski definition) is 1. The largest absolute Gasteiger partial charge is 0.465 e. The summed E-state index contributed by atoms with van der Waals surface area (Å²) < 4.78 is 5.24. The van der Waals surface area contributed by atoms with Gasteiger partial charge in [0.2, 0.25) is 0 Å². The van der Waals surface area contributed by atoms with E-state index in [4.69, 9.17) is 4.74 Å². The molecule has 0 aliphatic carbocycles. The summed E-state index contributed by atoms with van der Waals surface area (Å²) in [4.78, 5) is 0. The Kier molecular flexibility index (Phi) is 3.07. The minimum atomic E-state index is 0. The Morgan fingerprint density at radius 1 is 1.18 bits per heavy atom. The van der Waals surface area contributed by atoms with Crippen molar-refractivity contribution >= 4 is 0 Å². The van der Waals surface area contributed by atoms with Crippen molar-refractivity contribution in [2.45, 2.75) is 6.42 Å². The van der Waals surface area contributed by atoms with Crippen LogP contribution in [0.1, 0.15) is 5.56 Å². The van der Waals surface area contributed by atoms with Gasteiger partial charge in [-0.1, -0.05) is 18.2 Å². The van der Waals surface area contributed by atoms with Gasteiger partial charge >= 0.3 is 0 Å². The van der Waals surface area contributed by atoms with Gasteiger partial charge in [0.15, 0.2) is 0 Å². The van der Waals surface area contributed by atoms with Crippen LogP contribution in [0.5, 0.6) is 5.75 Å². The molecule has 11 heavy (non-hydrogen) atoms. The molecule has 0 amide bonds. The third-order valence-corrected chi connectivity index (χ3v) is 1.60. The van der Waals surface area contributed by atoms with E-state index >= 15 is 0 Å². The number of hydrogen-bond donors (Lipinski definition) is 0. The quantitative estimate of drug-likeness (QED) is 0.655. The Labute approximate surface area is 85.2 Å². The predicted molar refractivity (Wildman–Crippen MR) is 39.9 cm³/mol. The molecule has 1 heterocycles. The van der Waals surface area contributed by atoms with E-state index in [1.165, 1.54) is 5.56 Å². The third kappa shape index (κ3) is 1.81. The van der Waals surface area contributed by atoms with Crippen LogP contribution in [-0.2, 0) is 32.6 Å². The molecule has 1 aliphatic heterocycles. The van der Waals surface area contributed by atoms with E-state index in [2.05, 4.69) is 6.07 Å². The number of benzene rings is 1. The van der Waals surface area contributed by atoms with Crippen molar-refractivity contribution in [3.05, 3.63) is 42.2 Å². The zero-order valence-corrected chi connectivity index (χ0v) is 8.54. The number of para-hydroxylation sites is 1. The second-order valence-electron chi connectivity index (χ2n) is 2.30. The summed E-state index contributed by atoms with van der Waals surface area (Å²) in [5, 5.41) is 0. The molecule has 1 aromatic carbocycles. The molecule has 0 aromatic heterocycles. The van der Waals surface area contributed by atoms with Gasteiger partial charge in [0.1, 0.15) is 5.75 Å². The van der Waals surface area contributed by atoms with Crippen molar-refractivity contribution < 1.29 is 30.9 Å². The van der Waals surface area contributed by atoms with Crippen molar-refractivity contribution in [3.8, 4) is 5.75 Å². The van der Waals surface area contributed by atoms with Crippen LogP contribution >= 0.6 is 0 Å². The fraction of sp³-hybridized carbons (Fsp3) is 0.111. The predicted octanol–water partition coefficient (Wildman–Crippen LogP) is 2.13. The normalized spacial score (nSPS) is 12.7. The van der Waals surface area contributed by atoms with Gasteiger partial charge in [-0.2, -0.15) is 0 Å². The zero-order chi connectivity index (χ0) is 6.81.